The highest BCUT2D eigenvalue weighted by Gasteiger charge is 2.33. The number of carbonyl (C=O) groups excluding carboxylic acids is 1. The SMILES string of the molecule is Cc1ccc(C)c(N2C(=O)/C(=C\C=C\c3ccco3)SC2=S)c1. The van der Waals surface area contributed by atoms with Crippen LogP contribution in [0.1, 0.15) is 16.9 Å². The zero-order valence-corrected chi connectivity index (χ0v) is 14.4. The van der Waals surface area contributed by atoms with Crippen LogP contribution >= 0.6 is 24.0 Å². The van der Waals surface area contributed by atoms with Crippen molar-refractivity contribution in [1.82, 2.24) is 0 Å². The highest BCUT2D eigenvalue weighted by Crippen LogP contribution is 2.36. The Morgan fingerprint density at radius 3 is 2.83 bits per heavy atom. The lowest BCUT2D eigenvalue weighted by atomic mass is 10.1. The monoisotopic (exact) mass is 341 g/mol. The van der Waals surface area contributed by atoms with Gasteiger partial charge in [0.1, 0.15) is 5.76 Å². The van der Waals surface area contributed by atoms with Gasteiger partial charge in [-0.1, -0.05) is 42.2 Å². The summed E-state index contributed by atoms with van der Waals surface area (Å²) in [5.74, 6) is 0.657. The van der Waals surface area contributed by atoms with E-state index in [0.29, 0.717) is 9.23 Å². The number of furan rings is 1. The van der Waals surface area contributed by atoms with Crippen LogP contribution in [-0.4, -0.2) is 10.2 Å². The first-order chi connectivity index (χ1) is 11.1. The highest BCUT2D eigenvalue weighted by molar-refractivity contribution is 8.27. The van der Waals surface area contributed by atoms with Crippen molar-refractivity contribution >= 4 is 46.0 Å². The van der Waals surface area contributed by atoms with Crippen molar-refractivity contribution in [2.45, 2.75) is 13.8 Å². The van der Waals surface area contributed by atoms with Crippen molar-refractivity contribution in [3.63, 3.8) is 0 Å². The zero-order valence-electron chi connectivity index (χ0n) is 12.8. The molecule has 0 saturated carbocycles. The lowest BCUT2D eigenvalue weighted by molar-refractivity contribution is -0.113. The summed E-state index contributed by atoms with van der Waals surface area (Å²) in [6.07, 6.45) is 6.99. The van der Waals surface area contributed by atoms with E-state index in [1.54, 1.807) is 23.3 Å². The molecule has 1 amide bonds. The summed E-state index contributed by atoms with van der Waals surface area (Å²) in [4.78, 5) is 14.9. The second-order valence-electron chi connectivity index (χ2n) is 5.20. The molecular formula is C18H15NO2S2. The van der Waals surface area contributed by atoms with Crippen molar-refractivity contribution in [3.05, 3.63) is 70.5 Å². The Morgan fingerprint density at radius 1 is 1.26 bits per heavy atom. The Balaban J connectivity index is 1.86. The fraction of sp³-hybridized carbons (Fsp3) is 0.111. The zero-order chi connectivity index (χ0) is 16.4. The Hall–Kier alpha value is -2.11. The van der Waals surface area contributed by atoms with Gasteiger partial charge in [-0.05, 0) is 55.3 Å². The van der Waals surface area contributed by atoms with Gasteiger partial charge in [0.05, 0.1) is 16.9 Å². The lowest BCUT2D eigenvalue weighted by Crippen LogP contribution is -2.28. The second-order valence-corrected chi connectivity index (χ2v) is 6.88. The molecule has 0 N–H and O–H groups in total. The number of hydrogen-bond donors (Lipinski definition) is 0. The molecule has 0 radical (unpaired) electrons. The molecule has 116 valence electrons. The quantitative estimate of drug-likeness (QED) is 0.590. The maximum absolute atomic E-state index is 12.7. The summed E-state index contributed by atoms with van der Waals surface area (Å²) in [7, 11) is 0. The molecule has 3 rings (SSSR count). The normalized spacial score (nSPS) is 17.0. The number of benzene rings is 1. The molecule has 0 bridgehead atoms. The minimum absolute atomic E-state index is 0.0854. The van der Waals surface area contributed by atoms with Crippen LogP contribution in [0.4, 0.5) is 5.69 Å². The first kappa shape index (κ1) is 15.8. The van der Waals surface area contributed by atoms with E-state index in [9.17, 15) is 4.79 Å². The third kappa shape index (κ3) is 3.30. The Labute approximate surface area is 144 Å². The molecule has 1 aliphatic heterocycles. The first-order valence-corrected chi connectivity index (χ1v) is 8.34. The summed E-state index contributed by atoms with van der Waals surface area (Å²) in [5, 5.41) is 0. The summed E-state index contributed by atoms with van der Waals surface area (Å²) < 4.78 is 5.78. The molecule has 5 heteroatoms. The molecule has 0 atom stereocenters. The minimum atomic E-state index is -0.0854. The number of thiocarbonyl (C=S) groups is 1. The standard InChI is InChI=1S/C18H15NO2S2/c1-12-8-9-13(2)15(11-12)19-17(20)16(23-18(19)22)7-3-5-14-6-4-10-21-14/h3-11H,1-2H3/b5-3+,16-7+. The van der Waals surface area contributed by atoms with Crippen molar-refractivity contribution in [1.29, 1.82) is 0 Å². The van der Waals surface area contributed by atoms with Crippen LogP contribution in [0.5, 0.6) is 0 Å². The van der Waals surface area contributed by atoms with Gasteiger partial charge in [0.15, 0.2) is 4.32 Å². The number of aryl methyl sites for hydroxylation is 2. The Kier molecular flexibility index (Phi) is 4.50. The van der Waals surface area contributed by atoms with Gasteiger partial charge >= 0.3 is 0 Å². The van der Waals surface area contributed by atoms with Crippen LogP contribution in [0.2, 0.25) is 0 Å². The molecule has 0 spiro atoms. The molecule has 1 aromatic heterocycles. The number of carbonyl (C=O) groups is 1. The summed E-state index contributed by atoms with van der Waals surface area (Å²) in [6, 6.07) is 9.69. The van der Waals surface area contributed by atoms with Crippen molar-refractivity contribution < 1.29 is 9.21 Å². The highest BCUT2D eigenvalue weighted by atomic mass is 32.2. The predicted molar refractivity (Wildman–Crippen MR) is 99.4 cm³/mol. The maximum atomic E-state index is 12.7. The third-order valence-electron chi connectivity index (χ3n) is 3.45. The molecule has 0 aliphatic carbocycles. The molecule has 1 aromatic carbocycles. The predicted octanol–water partition coefficient (Wildman–Crippen LogP) is 4.86. The van der Waals surface area contributed by atoms with Crippen LogP contribution in [0.3, 0.4) is 0 Å². The third-order valence-corrected chi connectivity index (χ3v) is 4.77. The van der Waals surface area contributed by atoms with E-state index in [2.05, 4.69) is 0 Å². The number of rotatable bonds is 3. The number of anilines is 1. The van der Waals surface area contributed by atoms with Crippen LogP contribution in [-0.2, 0) is 4.79 Å². The first-order valence-electron chi connectivity index (χ1n) is 7.11. The average molecular weight is 341 g/mol. The van der Waals surface area contributed by atoms with Gasteiger partial charge in [-0.15, -0.1) is 0 Å². The minimum Gasteiger partial charge on any atom is -0.465 e. The number of hydrogen-bond acceptors (Lipinski definition) is 4. The van der Waals surface area contributed by atoms with Crippen LogP contribution < -0.4 is 4.90 Å². The number of amides is 1. The fourth-order valence-electron chi connectivity index (χ4n) is 2.27. The summed E-state index contributed by atoms with van der Waals surface area (Å²) in [6.45, 7) is 3.98. The molecular weight excluding hydrogens is 326 g/mol. The molecule has 2 heterocycles. The number of allylic oxidation sites excluding steroid dienone is 2. The molecule has 1 fully saturated rings. The van der Waals surface area contributed by atoms with E-state index in [0.717, 1.165) is 22.6 Å². The summed E-state index contributed by atoms with van der Waals surface area (Å²) >= 11 is 6.71. The largest absolute Gasteiger partial charge is 0.465 e. The van der Waals surface area contributed by atoms with Gasteiger partial charge in [-0.3, -0.25) is 9.69 Å². The van der Waals surface area contributed by atoms with Crippen LogP contribution in [0.25, 0.3) is 6.08 Å². The maximum Gasteiger partial charge on any atom is 0.270 e. The molecule has 3 nitrogen and oxygen atoms in total. The van der Waals surface area contributed by atoms with E-state index < -0.39 is 0 Å². The van der Waals surface area contributed by atoms with Crippen LogP contribution in [0.15, 0.2) is 58.1 Å². The van der Waals surface area contributed by atoms with E-state index in [1.165, 1.54) is 11.8 Å². The van der Waals surface area contributed by atoms with Crippen LogP contribution in [0, 0.1) is 13.8 Å². The Morgan fingerprint density at radius 2 is 2.09 bits per heavy atom. The molecule has 1 aliphatic rings. The lowest BCUT2D eigenvalue weighted by Gasteiger charge is -2.17. The van der Waals surface area contributed by atoms with Gasteiger partial charge in [-0.25, -0.2) is 0 Å². The molecule has 23 heavy (non-hydrogen) atoms. The smallest absolute Gasteiger partial charge is 0.270 e. The summed E-state index contributed by atoms with van der Waals surface area (Å²) in [5.41, 5.74) is 2.98. The van der Waals surface area contributed by atoms with Gasteiger partial charge in [0, 0.05) is 0 Å². The van der Waals surface area contributed by atoms with E-state index in [-0.39, 0.29) is 5.91 Å². The number of thioether (sulfide) groups is 1. The topological polar surface area (TPSA) is 33.5 Å². The van der Waals surface area contributed by atoms with Crippen molar-refractivity contribution in [2.24, 2.45) is 0 Å². The van der Waals surface area contributed by atoms with E-state index >= 15 is 0 Å². The Bertz CT molecular complexity index is 820. The van der Waals surface area contributed by atoms with E-state index in [4.69, 9.17) is 16.6 Å². The van der Waals surface area contributed by atoms with Crippen molar-refractivity contribution in [3.8, 4) is 0 Å². The van der Waals surface area contributed by atoms with Crippen molar-refractivity contribution in [2.75, 3.05) is 4.90 Å². The molecule has 2 aromatic rings. The van der Waals surface area contributed by atoms with Gasteiger partial charge in [0.25, 0.3) is 5.91 Å². The van der Waals surface area contributed by atoms with Gasteiger partial charge in [0.2, 0.25) is 0 Å². The molecule has 1 saturated heterocycles. The second kappa shape index (κ2) is 6.56. The van der Waals surface area contributed by atoms with Gasteiger partial charge in [-0.2, -0.15) is 0 Å². The average Bonchev–Trinajstić information content (AvgIpc) is 3.11. The van der Waals surface area contributed by atoms with Gasteiger partial charge < -0.3 is 4.42 Å². The fourth-order valence-corrected chi connectivity index (χ4v) is 3.50. The van der Waals surface area contributed by atoms with E-state index in [1.807, 2.05) is 50.3 Å². The molecule has 0 unspecified atom stereocenters. The number of nitrogens with zero attached hydrogens (tertiary/aromatic N) is 1.